The highest BCUT2D eigenvalue weighted by Crippen LogP contribution is 2.41. The number of methoxy groups -OCH3 is 1. The molecule has 2 aromatic carbocycles. The van der Waals surface area contributed by atoms with Crippen molar-refractivity contribution in [2.75, 3.05) is 7.11 Å². The summed E-state index contributed by atoms with van der Waals surface area (Å²) in [4.78, 5) is 56.3. The van der Waals surface area contributed by atoms with E-state index in [9.17, 15) is 29.4 Å². The smallest absolute Gasteiger partial charge is 0.332 e. The predicted octanol–water partition coefficient (Wildman–Crippen LogP) is 5.62. The maximum absolute atomic E-state index is 14.3. The Kier molecular flexibility index (Phi) is 14.8. The minimum Gasteiger partial charge on any atom is -0.505 e. The second-order valence-electron chi connectivity index (χ2n) is 15.2. The normalized spacial score (nSPS) is 30.9. The zero-order chi connectivity index (χ0) is 40.8. The molecule has 9 atom stereocenters. The van der Waals surface area contributed by atoms with Crippen LogP contribution < -0.4 is 16.0 Å². The van der Waals surface area contributed by atoms with Gasteiger partial charge in [0.25, 0.3) is 5.91 Å². The van der Waals surface area contributed by atoms with Crippen LogP contribution in [0.5, 0.6) is 5.75 Å². The number of epoxide rings is 1. The molecule has 0 saturated carbocycles. The summed E-state index contributed by atoms with van der Waals surface area (Å²) in [6, 6.07) is 8.13. The summed E-state index contributed by atoms with van der Waals surface area (Å²) >= 11 is 9.53. The molecule has 4 rings (SSSR count). The molecule has 3 amide bonds. The zero-order valence-corrected chi connectivity index (χ0v) is 34.9. The van der Waals surface area contributed by atoms with Crippen LogP contribution in [0.4, 0.5) is 0 Å². The van der Waals surface area contributed by atoms with Crippen molar-refractivity contribution >= 4 is 51.2 Å². The quantitative estimate of drug-likeness (QED) is 0.175. The molecule has 5 N–H and O–H groups in total. The lowest BCUT2D eigenvalue weighted by atomic mass is 9.94. The number of aromatic hydroxyl groups is 1. The van der Waals surface area contributed by atoms with E-state index in [0.717, 1.165) is 5.57 Å². The molecular weight excluding hydrogens is 794 g/mol. The van der Waals surface area contributed by atoms with E-state index in [2.05, 4.69) is 31.9 Å². The van der Waals surface area contributed by atoms with Crippen molar-refractivity contribution in [3.05, 3.63) is 86.9 Å². The molecule has 0 aromatic heterocycles. The topological polar surface area (TPSA) is 176 Å². The fourth-order valence-electron chi connectivity index (χ4n) is 6.50. The van der Waals surface area contributed by atoms with E-state index >= 15 is 0 Å². The Bertz CT molecular complexity index is 1760. The van der Waals surface area contributed by atoms with Crippen LogP contribution in [-0.2, 0) is 39.8 Å². The van der Waals surface area contributed by atoms with Gasteiger partial charge in [-0.05, 0) is 78.4 Å². The maximum atomic E-state index is 14.3. The molecule has 0 spiro atoms. The number of aliphatic hydroxyl groups is 1. The highest BCUT2D eigenvalue weighted by Gasteiger charge is 2.59. The molecule has 2 heterocycles. The fourth-order valence-corrected chi connectivity index (χ4v) is 7.36. The van der Waals surface area contributed by atoms with Crippen molar-refractivity contribution in [3.8, 4) is 5.75 Å². The summed E-state index contributed by atoms with van der Waals surface area (Å²) in [5.74, 6) is -3.80. The molecule has 1 saturated heterocycles. The molecule has 0 radical (unpaired) electrons. The summed E-state index contributed by atoms with van der Waals surface area (Å²) < 4.78 is 18.1. The van der Waals surface area contributed by atoms with Gasteiger partial charge in [-0.1, -0.05) is 87.4 Å². The third-order valence-corrected chi connectivity index (χ3v) is 11.3. The van der Waals surface area contributed by atoms with Crippen molar-refractivity contribution in [3.63, 3.8) is 0 Å². The Hall–Kier alpha value is -3.75. The molecule has 2 aliphatic heterocycles. The average molecular weight is 847 g/mol. The number of halogens is 2. The number of fused-ring (bicyclic) bond motifs is 1. The van der Waals surface area contributed by atoms with Gasteiger partial charge in [-0.15, -0.1) is 0 Å². The van der Waals surface area contributed by atoms with Crippen LogP contribution >= 0.6 is 27.5 Å². The molecule has 12 nitrogen and oxygen atoms in total. The third kappa shape index (κ3) is 11.0. The average Bonchev–Trinajstić information content (AvgIpc) is 3.81. The minimum absolute atomic E-state index is 0.00460. The SMILES string of the molecule is CCC(C)C1NC(=O)C2(C)OC2CC(OC)/C(C)=C/C=C/C(C)C(c2ccccc2)OC(=O)C(C(C)(C)O)NC(=O)C(Cc2cc(Cl)c(O)c(Br)c2)NC1=O. The minimum atomic E-state index is -1.82. The Labute approximate surface area is 336 Å². The molecule has 1 fully saturated rings. The van der Waals surface area contributed by atoms with E-state index in [4.69, 9.17) is 25.8 Å². The predicted molar refractivity (Wildman–Crippen MR) is 212 cm³/mol. The van der Waals surface area contributed by atoms with Crippen molar-refractivity contribution in [1.29, 1.82) is 0 Å². The molecule has 2 aromatic rings. The van der Waals surface area contributed by atoms with Gasteiger partial charge >= 0.3 is 5.97 Å². The highest BCUT2D eigenvalue weighted by atomic mass is 79.9. The van der Waals surface area contributed by atoms with Gasteiger partial charge in [0, 0.05) is 25.9 Å². The largest absolute Gasteiger partial charge is 0.505 e. The second kappa shape index (κ2) is 18.5. The summed E-state index contributed by atoms with van der Waals surface area (Å²) in [5.41, 5.74) is -1.02. The number of rotatable bonds is 7. The number of phenols is 1. The fraction of sp³-hybridized carbons (Fsp3) is 0.512. The second-order valence-corrected chi connectivity index (χ2v) is 16.5. The molecule has 0 bridgehead atoms. The van der Waals surface area contributed by atoms with Crippen molar-refractivity contribution in [2.45, 2.75) is 115 Å². The Morgan fingerprint density at radius 1 is 1.09 bits per heavy atom. The number of ether oxygens (including phenoxy) is 3. The van der Waals surface area contributed by atoms with Gasteiger partial charge in [0.15, 0.2) is 11.6 Å². The summed E-state index contributed by atoms with van der Waals surface area (Å²) in [5, 5.41) is 29.8. The molecule has 14 heteroatoms. The van der Waals surface area contributed by atoms with Gasteiger partial charge in [-0.3, -0.25) is 14.4 Å². The number of amides is 3. The number of carbonyl (C=O) groups excluding carboxylic acids is 4. The standard InChI is InChI=1S/C41H53BrClN3O9/c1-9-22(2)32-37(49)44-29(20-25-18-27(42)33(47)28(43)19-25)36(48)46-35(40(5,6)52)38(50)54-34(26-16-11-10-12-17-26)24(4)15-13-14-23(3)30(53-8)21-31-41(7,55-31)39(51)45-32/h10-19,22,24,29-32,34-35,47,52H,9,20-21H2,1-8H3,(H,44,49)(H,45,51)(H,46,48)/b15-13+,23-14+. The van der Waals surface area contributed by atoms with Gasteiger partial charge < -0.3 is 40.4 Å². The van der Waals surface area contributed by atoms with Crippen LogP contribution in [0.2, 0.25) is 5.02 Å². The van der Waals surface area contributed by atoms with Gasteiger partial charge in [-0.25, -0.2) is 4.79 Å². The van der Waals surface area contributed by atoms with Crippen LogP contribution in [0.1, 0.15) is 78.5 Å². The number of nitrogens with one attached hydrogen (secondary N) is 3. The Morgan fingerprint density at radius 3 is 2.36 bits per heavy atom. The van der Waals surface area contributed by atoms with Crippen LogP contribution in [0.25, 0.3) is 0 Å². The highest BCUT2D eigenvalue weighted by molar-refractivity contribution is 9.10. The maximum Gasteiger partial charge on any atom is 0.332 e. The monoisotopic (exact) mass is 845 g/mol. The zero-order valence-electron chi connectivity index (χ0n) is 32.5. The van der Waals surface area contributed by atoms with Crippen molar-refractivity contribution in [2.24, 2.45) is 11.8 Å². The van der Waals surface area contributed by atoms with E-state index in [0.29, 0.717) is 24.0 Å². The van der Waals surface area contributed by atoms with E-state index in [1.807, 2.05) is 69.3 Å². The van der Waals surface area contributed by atoms with Crippen LogP contribution in [0, 0.1) is 11.8 Å². The Morgan fingerprint density at radius 2 is 1.76 bits per heavy atom. The van der Waals surface area contributed by atoms with Crippen molar-refractivity contribution in [1.82, 2.24) is 16.0 Å². The summed E-state index contributed by atoms with van der Waals surface area (Å²) in [7, 11) is 1.58. The molecule has 55 heavy (non-hydrogen) atoms. The number of phenolic OH excluding ortho intramolecular Hbond substituents is 1. The number of benzene rings is 2. The lowest BCUT2D eigenvalue weighted by Gasteiger charge is -2.33. The van der Waals surface area contributed by atoms with Crippen LogP contribution in [0.15, 0.2) is 70.7 Å². The van der Waals surface area contributed by atoms with E-state index < -0.39 is 65.2 Å². The molecule has 2 aliphatic rings. The van der Waals surface area contributed by atoms with Crippen LogP contribution in [0.3, 0.4) is 0 Å². The first-order chi connectivity index (χ1) is 25.8. The number of cyclic esters (lactones) is 1. The van der Waals surface area contributed by atoms with E-state index in [-0.39, 0.29) is 39.6 Å². The van der Waals surface area contributed by atoms with E-state index in [1.165, 1.54) is 19.9 Å². The van der Waals surface area contributed by atoms with Crippen molar-refractivity contribution < 1.29 is 43.6 Å². The molecule has 0 aliphatic carbocycles. The van der Waals surface area contributed by atoms with Gasteiger partial charge in [0.2, 0.25) is 11.8 Å². The number of hydrogen-bond acceptors (Lipinski definition) is 9. The first kappa shape index (κ1) is 44.0. The van der Waals surface area contributed by atoms with Crippen LogP contribution in [-0.4, -0.2) is 82.5 Å². The third-order valence-electron chi connectivity index (χ3n) is 10.4. The first-order valence-electron chi connectivity index (χ1n) is 18.4. The summed E-state index contributed by atoms with van der Waals surface area (Å²) in [6.45, 7) is 11.9. The Balaban J connectivity index is 1.80. The number of carbonyl (C=O) groups is 4. The lowest BCUT2D eigenvalue weighted by molar-refractivity contribution is -0.162. The molecule has 300 valence electrons. The van der Waals surface area contributed by atoms with E-state index in [1.54, 1.807) is 27.0 Å². The molecule has 9 unspecified atom stereocenters. The van der Waals surface area contributed by atoms with Gasteiger partial charge in [0.05, 0.1) is 27.3 Å². The first-order valence-corrected chi connectivity index (χ1v) is 19.6. The number of esters is 1. The number of hydrogen-bond donors (Lipinski definition) is 5. The summed E-state index contributed by atoms with van der Waals surface area (Å²) in [6.07, 6.45) is 4.67. The lowest BCUT2D eigenvalue weighted by Crippen LogP contribution is -2.61. The van der Waals surface area contributed by atoms with Gasteiger partial charge in [-0.2, -0.15) is 0 Å². The number of allylic oxidation sites excluding steroid dienone is 2. The molecular formula is C41H53BrClN3O9. The van der Waals surface area contributed by atoms with Gasteiger partial charge in [0.1, 0.15) is 23.9 Å².